The van der Waals surface area contributed by atoms with Gasteiger partial charge in [0.25, 0.3) is 5.69 Å². The number of benzene rings is 1. The molecule has 1 aromatic rings. The molecule has 7 nitrogen and oxygen atoms in total. The van der Waals surface area contributed by atoms with E-state index in [4.69, 9.17) is 4.84 Å². The maximum Gasteiger partial charge on any atom is 0.269 e. The molecule has 7 heteroatoms. The lowest BCUT2D eigenvalue weighted by molar-refractivity contribution is -0.384. The number of nitro groups is 1. The fourth-order valence-electron chi connectivity index (χ4n) is 5.77. The predicted octanol–water partition coefficient (Wildman–Crippen LogP) is 3.96. The van der Waals surface area contributed by atoms with E-state index in [-0.39, 0.29) is 27.7 Å². The first-order valence-electron chi connectivity index (χ1n) is 9.72. The fraction of sp³-hybridized carbons (Fsp3) is 0.600. The third-order valence-electron chi connectivity index (χ3n) is 7.52. The monoisotopic (exact) mass is 368 g/mol. The molecule has 0 aromatic heterocycles. The highest BCUT2D eigenvalue weighted by molar-refractivity contribution is 6.43. The van der Waals surface area contributed by atoms with Crippen LogP contribution in [0.1, 0.15) is 57.6 Å². The largest absolute Gasteiger partial charge is 0.388 e. The van der Waals surface area contributed by atoms with Gasteiger partial charge in [0.15, 0.2) is 5.60 Å². The number of nitrogens with one attached hydrogen (secondary N) is 1. The zero-order valence-corrected chi connectivity index (χ0v) is 15.6. The summed E-state index contributed by atoms with van der Waals surface area (Å²) < 4.78 is 0. The van der Waals surface area contributed by atoms with Crippen molar-refractivity contribution in [2.75, 3.05) is 0 Å². The van der Waals surface area contributed by atoms with Crippen LogP contribution in [0.4, 0.5) is 5.69 Å². The van der Waals surface area contributed by atoms with E-state index < -0.39 is 0 Å². The number of nitro benzene ring substituents is 1. The van der Waals surface area contributed by atoms with Gasteiger partial charge in [-0.1, -0.05) is 31.1 Å². The SMILES string of the molecule is CC1(C)[C@@H]2CC[C@@H](C2)C12CC(C1=NNC(c3cccc([N+](=O)[O-])c3)C1)=NO2. The Morgan fingerprint density at radius 1 is 1.26 bits per heavy atom. The van der Waals surface area contributed by atoms with Crippen LogP contribution >= 0.6 is 0 Å². The molecule has 2 bridgehead atoms. The molecular weight excluding hydrogens is 344 g/mol. The van der Waals surface area contributed by atoms with E-state index in [0.717, 1.165) is 29.3 Å². The summed E-state index contributed by atoms with van der Waals surface area (Å²) in [5.41, 5.74) is 5.91. The Balaban J connectivity index is 1.32. The van der Waals surface area contributed by atoms with Crippen LogP contribution in [0.25, 0.3) is 0 Å². The van der Waals surface area contributed by atoms with Crippen LogP contribution in [-0.2, 0) is 4.84 Å². The third-order valence-corrected chi connectivity index (χ3v) is 7.52. The first kappa shape index (κ1) is 16.7. The topological polar surface area (TPSA) is 89.1 Å². The maximum atomic E-state index is 11.0. The molecule has 142 valence electrons. The third kappa shape index (κ3) is 2.26. The number of oxime groups is 1. The number of fused-ring (bicyclic) bond motifs is 3. The van der Waals surface area contributed by atoms with Crippen LogP contribution in [0, 0.1) is 27.4 Å². The number of non-ortho nitro benzene ring substituents is 1. The molecule has 2 aliphatic carbocycles. The molecule has 0 saturated heterocycles. The van der Waals surface area contributed by atoms with Crippen LogP contribution in [0.5, 0.6) is 0 Å². The van der Waals surface area contributed by atoms with E-state index in [2.05, 4.69) is 29.5 Å². The zero-order valence-electron chi connectivity index (χ0n) is 15.6. The minimum Gasteiger partial charge on any atom is -0.388 e. The van der Waals surface area contributed by atoms with Gasteiger partial charge in [-0.25, -0.2) is 0 Å². The zero-order chi connectivity index (χ0) is 18.8. The molecule has 2 saturated carbocycles. The second-order valence-electron chi connectivity index (χ2n) is 8.92. The minimum atomic E-state index is -0.365. The van der Waals surface area contributed by atoms with Crippen LogP contribution in [0.3, 0.4) is 0 Å². The van der Waals surface area contributed by atoms with Gasteiger partial charge in [0.1, 0.15) is 5.71 Å². The quantitative estimate of drug-likeness (QED) is 0.646. The van der Waals surface area contributed by atoms with Gasteiger partial charge in [-0.05, 0) is 30.7 Å². The summed E-state index contributed by atoms with van der Waals surface area (Å²) in [4.78, 5) is 16.8. The lowest BCUT2D eigenvalue weighted by Gasteiger charge is -2.44. The van der Waals surface area contributed by atoms with E-state index in [1.54, 1.807) is 12.1 Å². The number of hydrogen-bond acceptors (Lipinski definition) is 6. The van der Waals surface area contributed by atoms with Crippen LogP contribution < -0.4 is 5.43 Å². The highest BCUT2D eigenvalue weighted by Gasteiger charge is 2.67. The van der Waals surface area contributed by atoms with E-state index in [9.17, 15) is 10.1 Å². The highest BCUT2D eigenvalue weighted by Crippen LogP contribution is 2.65. The Kier molecular flexibility index (Phi) is 3.42. The normalized spacial score (nSPS) is 35.7. The Labute approximate surface area is 158 Å². The van der Waals surface area contributed by atoms with Crippen molar-refractivity contribution >= 4 is 17.1 Å². The van der Waals surface area contributed by atoms with Crippen LogP contribution in [-0.4, -0.2) is 21.9 Å². The molecule has 2 heterocycles. The number of hydrazone groups is 1. The summed E-state index contributed by atoms with van der Waals surface area (Å²) in [6.07, 6.45) is 5.28. The summed E-state index contributed by atoms with van der Waals surface area (Å²) in [5.74, 6) is 1.31. The van der Waals surface area contributed by atoms with E-state index in [1.165, 1.54) is 25.3 Å². The molecule has 2 unspecified atom stereocenters. The molecular formula is C20H24N4O3. The smallest absolute Gasteiger partial charge is 0.269 e. The Hall–Kier alpha value is -2.44. The Morgan fingerprint density at radius 2 is 2.07 bits per heavy atom. The van der Waals surface area contributed by atoms with Gasteiger partial charge < -0.3 is 10.3 Å². The van der Waals surface area contributed by atoms with Gasteiger partial charge >= 0.3 is 0 Å². The second kappa shape index (κ2) is 5.53. The molecule has 1 aromatic carbocycles. The standard InChI is InChI=1S/C20H24N4O3/c1-19(2)13-6-7-14(9-13)20(19)11-18(23-27-20)17-10-16(21-22-17)12-4-3-5-15(8-12)24(25)26/h3-5,8,13-14,16,21H,6-7,9-11H2,1-2H3/t13-,14+,16?,20?/m1/s1. The van der Waals surface area contributed by atoms with Crippen LogP contribution in [0.2, 0.25) is 0 Å². The van der Waals surface area contributed by atoms with Crippen molar-refractivity contribution in [2.24, 2.45) is 27.5 Å². The molecule has 4 aliphatic rings. The van der Waals surface area contributed by atoms with Gasteiger partial charge in [-0.2, -0.15) is 5.10 Å². The van der Waals surface area contributed by atoms with Crippen molar-refractivity contribution in [3.63, 3.8) is 0 Å². The first-order valence-corrected chi connectivity index (χ1v) is 9.72. The molecule has 1 spiro atoms. The number of hydrogen-bond donors (Lipinski definition) is 1. The van der Waals surface area contributed by atoms with Gasteiger partial charge in [0, 0.05) is 36.3 Å². The molecule has 2 aliphatic heterocycles. The van der Waals surface area contributed by atoms with Crippen molar-refractivity contribution in [2.45, 2.75) is 57.6 Å². The van der Waals surface area contributed by atoms with Crippen molar-refractivity contribution in [3.05, 3.63) is 39.9 Å². The van der Waals surface area contributed by atoms with Gasteiger partial charge in [-0.15, -0.1) is 0 Å². The van der Waals surface area contributed by atoms with E-state index in [0.29, 0.717) is 12.3 Å². The summed E-state index contributed by atoms with van der Waals surface area (Å²) in [6.45, 7) is 4.66. The van der Waals surface area contributed by atoms with E-state index >= 15 is 0 Å². The second-order valence-corrected chi connectivity index (χ2v) is 8.92. The average Bonchev–Trinajstić information content (AvgIpc) is 3.41. The Bertz CT molecular complexity index is 878. The molecule has 5 rings (SSSR count). The average molecular weight is 368 g/mol. The fourth-order valence-corrected chi connectivity index (χ4v) is 5.77. The molecule has 27 heavy (non-hydrogen) atoms. The Morgan fingerprint density at radius 3 is 2.81 bits per heavy atom. The molecule has 0 radical (unpaired) electrons. The van der Waals surface area contributed by atoms with Crippen molar-refractivity contribution in [1.29, 1.82) is 0 Å². The van der Waals surface area contributed by atoms with Crippen LogP contribution in [0.15, 0.2) is 34.5 Å². The maximum absolute atomic E-state index is 11.0. The lowest BCUT2D eigenvalue weighted by atomic mass is 9.63. The first-order chi connectivity index (χ1) is 12.9. The lowest BCUT2D eigenvalue weighted by Crippen LogP contribution is -2.49. The summed E-state index contributed by atoms with van der Waals surface area (Å²) >= 11 is 0. The van der Waals surface area contributed by atoms with Crippen molar-refractivity contribution < 1.29 is 9.76 Å². The highest BCUT2D eigenvalue weighted by atomic mass is 16.7. The molecule has 2 fully saturated rings. The summed E-state index contributed by atoms with van der Waals surface area (Å²) in [6, 6.07) is 6.68. The van der Waals surface area contributed by atoms with Gasteiger partial charge in [0.05, 0.1) is 16.7 Å². The summed E-state index contributed by atoms with van der Waals surface area (Å²) in [7, 11) is 0. The molecule has 0 amide bonds. The predicted molar refractivity (Wildman–Crippen MR) is 102 cm³/mol. The van der Waals surface area contributed by atoms with E-state index in [1.807, 2.05) is 6.07 Å². The molecule has 4 atom stereocenters. The number of rotatable bonds is 3. The molecule has 1 N–H and O–H groups in total. The summed E-state index contributed by atoms with van der Waals surface area (Å²) in [5, 5.41) is 20.0. The van der Waals surface area contributed by atoms with Gasteiger partial charge in [-0.3, -0.25) is 10.1 Å². The minimum absolute atomic E-state index is 0.0628. The van der Waals surface area contributed by atoms with Crippen molar-refractivity contribution in [1.82, 2.24) is 5.43 Å². The van der Waals surface area contributed by atoms with Gasteiger partial charge in [0.2, 0.25) is 0 Å². The number of nitrogens with zero attached hydrogens (tertiary/aromatic N) is 3. The van der Waals surface area contributed by atoms with Crippen molar-refractivity contribution in [3.8, 4) is 0 Å².